The van der Waals surface area contributed by atoms with Gasteiger partial charge in [-0.3, -0.25) is 0 Å². The third kappa shape index (κ3) is 6.95. The second-order valence-corrected chi connectivity index (χ2v) is 12.6. The van der Waals surface area contributed by atoms with Gasteiger partial charge in [-0.2, -0.15) is 5.26 Å². The van der Waals surface area contributed by atoms with Crippen LogP contribution in [-0.4, -0.2) is 11.1 Å². The van der Waals surface area contributed by atoms with Crippen LogP contribution in [0.25, 0.3) is 27.0 Å². The molecule has 1 aromatic heterocycles. The maximum Gasteiger partial charge on any atom is 0.346 e. The molecule has 6 heteroatoms. The average molecular weight is 666 g/mol. The number of hydrogen-bond donors (Lipinski definition) is 1. The highest BCUT2D eigenvalue weighted by Gasteiger charge is 2.15. The summed E-state index contributed by atoms with van der Waals surface area (Å²) < 4.78 is 0. The Morgan fingerprint density at radius 3 is 1.18 bits per heavy atom. The van der Waals surface area contributed by atoms with E-state index in [4.69, 9.17) is 5.26 Å². The van der Waals surface area contributed by atoms with Crippen molar-refractivity contribution in [3.05, 3.63) is 187 Å². The van der Waals surface area contributed by atoms with E-state index in [1.54, 1.807) is 17.4 Å². The highest BCUT2D eigenvalue weighted by atomic mass is 32.1. The molecule has 0 aliphatic carbocycles. The molecule has 0 unspecified atom stereocenters. The Bertz CT molecular complexity index is 2240. The number of thiophene rings is 1. The first-order chi connectivity index (χ1) is 24.6. The Balaban J connectivity index is 1.13. The molecule has 1 heterocycles. The Morgan fingerprint density at radius 2 is 0.840 bits per heavy atom. The van der Waals surface area contributed by atoms with Crippen molar-refractivity contribution in [2.45, 2.75) is 0 Å². The van der Waals surface area contributed by atoms with E-state index in [0.717, 1.165) is 39.7 Å². The first kappa shape index (κ1) is 31.9. The second-order valence-electron chi connectivity index (χ2n) is 11.5. The Kier molecular flexibility index (Phi) is 9.32. The number of nitriles is 1. The molecular weight excluding hydrogens is 635 g/mol. The topological polar surface area (TPSA) is 67.6 Å². The largest absolute Gasteiger partial charge is 0.477 e. The van der Waals surface area contributed by atoms with Gasteiger partial charge in [-0.05, 0) is 108 Å². The van der Waals surface area contributed by atoms with Crippen LogP contribution in [0.4, 0.5) is 34.1 Å². The zero-order chi connectivity index (χ0) is 34.3. The number of rotatable bonds is 10. The van der Waals surface area contributed by atoms with Crippen molar-refractivity contribution in [1.29, 1.82) is 5.26 Å². The molecule has 0 atom stereocenters. The molecule has 7 rings (SSSR count). The lowest BCUT2D eigenvalue weighted by molar-refractivity contribution is -0.132. The fourth-order valence-corrected chi connectivity index (χ4v) is 6.87. The van der Waals surface area contributed by atoms with E-state index < -0.39 is 5.97 Å². The zero-order valence-corrected chi connectivity index (χ0v) is 27.7. The predicted molar refractivity (Wildman–Crippen MR) is 206 cm³/mol. The first-order valence-corrected chi connectivity index (χ1v) is 16.9. The van der Waals surface area contributed by atoms with Gasteiger partial charge in [-0.25, -0.2) is 4.79 Å². The van der Waals surface area contributed by atoms with E-state index in [1.807, 2.05) is 54.6 Å². The van der Waals surface area contributed by atoms with Crippen molar-refractivity contribution in [3.8, 4) is 27.0 Å². The molecule has 0 fully saturated rings. The van der Waals surface area contributed by atoms with Crippen LogP contribution in [0.1, 0.15) is 5.56 Å². The van der Waals surface area contributed by atoms with Gasteiger partial charge in [0.15, 0.2) is 0 Å². The molecule has 0 radical (unpaired) electrons. The minimum atomic E-state index is -1.24. The summed E-state index contributed by atoms with van der Waals surface area (Å²) in [6.07, 6.45) is 1.38. The number of hydrogen-bond acceptors (Lipinski definition) is 5. The molecule has 0 bridgehead atoms. The summed E-state index contributed by atoms with van der Waals surface area (Å²) in [5.74, 6) is -1.24. The second kappa shape index (κ2) is 14.6. The van der Waals surface area contributed by atoms with Crippen molar-refractivity contribution in [1.82, 2.24) is 0 Å². The SMILES string of the molecule is N#C/C(=C\c1ccc(N(c2ccccc2)c2ccc(-c3ccc(-c4ccc(N(c5ccccc5)c5ccccc5)cc4)s3)cc2)cc1)C(=O)O. The Hall–Kier alpha value is -6.68. The molecule has 5 nitrogen and oxygen atoms in total. The van der Waals surface area contributed by atoms with Crippen LogP contribution in [0.2, 0.25) is 0 Å². The summed E-state index contributed by atoms with van der Waals surface area (Å²) in [7, 11) is 0. The summed E-state index contributed by atoms with van der Waals surface area (Å²) in [6, 6.07) is 61.8. The number of carboxylic acid groups (broad SMARTS) is 1. The van der Waals surface area contributed by atoms with Gasteiger partial charge < -0.3 is 14.9 Å². The van der Waals surface area contributed by atoms with Crippen molar-refractivity contribution < 1.29 is 9.90 Å². The normalized spacial score (nSPS) is 11.1. The molecule has 0 saturated heterocycles. The fraction of sp³-hybridized carbons (Fsp3) is 0. The molecule has 240 valence electrons. The van der Waals surface area contributed by atoms with E-state index in [1.165, 1.54) is 21.4 Å². The molecule has 1 N–H and O–H groups in total. The monoisotopic (exact) mass is 665 g/mol. The van der Waals surface area contributed by atoms with Crippen LogP contribution in [0, 0.1) is 11.3 Å². The van der Waals surface area contributed by atoms with Gasteiger partial charge in [0.2, 0.25) is 0 Å². The maximum absolute atomic E-state index is 11.3. The third-order valence-electron chi connectivity index (χ3n) is 8.28. The van der Waals surface area contributed by atoms with Gasteiger partial charge in [-0.1, -0.05) is 91.0 Å². The van der Waals surface area contributed by atoms with Crippen LogP contribution < -0.4 is 9.80 Å². The summed E-state index contributed by atoms with van der Waals surface area (Å²) in [6.45, 7) is 0. The molecule has 0 saturated carbocycles. The highest BCUT2D eigenvalue weighted by molar-refractivity contribution is 7.18. The van der Waals surface area contributed by atoms with Gasteiger partial charge in [-0.15, -0.1) is 11.3 Å². The number of carbonyl (C=O) groups is 1. The zero-order valence-electron chi connectivity index (χ0n) is 26.9. The number of benzene rings is 6. The van der Waals surface area contributed by atoms with E-state index >= 15 is 0 Å². The number of anilines is 6. The first-order valence-electron chi connectivity index (χ1n) is 16.1. The molecule has 0 aliphatic heterocycles. The minimum absolute atomic E-state index is 0.306. The standard InChI is InChI=1S/C44H31N3O2S/c45-31-35(44(48)49)30-32-16-22-39(23-17-32)47(38-14-8-3-9-15-38)41-26-20-34(21-27-41)43-29-28-42(50-43)33-18-24-40(25-19-33)46(36-10-4-1-5-11-36)37-12-6-2-7-13-37/h1-30H,(H,48,49)/b35-30+. The molecule has 7 aromatic rings. The maximum atomic E-state index is 11.3. The van der Waals surface area contributed by atoms with Crippen LogP contribution in [0.3, 0.4) is 0 Å². The summed E-state index contributed by atoms with van der Waals surface area (Å²) in [5.41, 5.74) is 8.84. The Labute approximate surface area is 295 Å². The molecule has 50 heavy (non-hydrogen) atoms. The van der Waals surface area contributed by atoms with E-state index in [2.05, 4.69) is 131 Å². The summed E-state index contributed by atoms with van der Waals surface area (Å²) in [5, 5.41) is 18.4. The predicted octanol–water partition coefficient (Wildman–Crippen LogP) is 12.0. The molecule has 0 aliphatic rings. The van der Waals surface area contributed by atoms with Gasteiger partial charge in [0.25, 0.3) is 0 Å². The summed E-state index contributed by atoms with van der Waals surface area (Å²) >= 11 is 1.77. The van der Waals surface area contributed by atoms with Gasteiger partial charge in [0.05, 0.1) is 0 Å². The fourth-order valence-electron chi connectivity index (χ4n) is 5.85. The van der Waals surface area contributed by atoms with Gasteiger partial charge in [0, 0.05) is 43.9 Å². The van der Waals surface area contributed by atoms with Gasteiger partial charge in [0.1, 0.15) is 11.6 Å². The lowest BCUT2D eigenvalue weighted by atomic mass is 10.1. The van der Waals surface area contributed by atoms with E-state index in [9.17, 15) is 9.90 Å². The van der Waals surface area contributed by atoms with Crippen LogP contribution in [-0.2, 0) is 4.79 Å². The lowest BCUT2D eigenvalue weighted by Gasteiger charge is -2.25. The average Bonchev–Trinajstić information content (AvgIpc) is 3.67. The highest BCUT2D eigenvalue weighted by Crippen LogP contribution is 2.40. The number of nitrogens with zero attached hydrogens (tertiary/aromatic N) is 3. The molecule has 0 spiro atoms. The minimum Gasteiger partial charge on any atom is -0.477 e. The van der Waals surface area contributed by atoms with Gasteiger partial charge >= 0.3 is 5.97 Å². The van der Waals surface area contributed by atoms with Crippen LogP contribution >= 0.6 is 11.3 Å². The van der Waals surface area contributed by atoms with Crippen molar-refractivity contribution in [2.75, 3.05) is 9.80 Å². The molecular formula is C44H31N3O2S. The number of aliphatic carboxylic acids is 1. The van der Waals surface area contributed by atoms with Crippen LogP contribution in [0.5, 0.6) is 0 Å². The lowest BCUT2D eigenvalue weighted by Crippen LogP contribution is -2.09. The van der Waals surface area contributed by atoms with Crippen molar-refractivity contribution >= 4 is 57.5 Å². The number of para-hydroxylation sites is 3. The molecule has 6 aromatic carbocycles. The molecule has 0 amide bonds. The quantitative estimate of drug-likeness (QED) is 0.116. The van der Waals surface area contributed by atoms with Crippen LogP contribution in [0.15, 0.2) is 181 Å². The van der Waals surface area contributed by atoms with Crippen molar-refractivity contribution in [2.24, 2.45) is 0 Å². The van der Waals surface area contributed by atoms with E-state index in [0.29, 0.717) is 5.56 Å². The summed E-state index contributed by atoms with van der Waals surface area (Å²) in [4.78, 5) is 18.1. The Morgan fingerprint density at radius 1 is 0.500 bits per heavy atom. The third-order valence-corrected chi connectivity index (χ3v) is 9.47. The number of carboxylic acids is 1. The van der Waals surface area contributed by atoms with Crippen molar-refractivity contribution in [3.63, 3.8) is 0 Å². The van der Waals surface area contributed by atoms with E-state index in [-0.39, 0.29) is 5.57 Å². The smallest absolute Gasteiger partial charge is 0.346 e.